The van der Waals surface area contributed by atoms with E-state index in [-0.39, 0.29) is 11.6 Å². The summed E-state index contributed by atoms with van der Waals surface area (Å²) in [6.45, 7) is 0.418. The zero-order chi connectivity index (χ0) is 18.0. The van der Waals surface area contributed by atoms with Crippen LogP contribution in [0.3, 0.4) is 0 Å². The number of carbonyl (C=O) groups is 1. The Morgan fingerprint density at radius 3 is 2.44 bits per heavy atom. The molecule has 7 heteroatoms. The number of anilines is 1. The highest BCUT2D eigenvalue weighted by Gasteiger charge is 2.14. The van der Waals surface area contributed by atoms with Crippen LogP contribution in [0.25, 0.3) is 10.9 Å². The maximum atomic E-state index is 11.5. The third kappa shape index (κ3) is 4.00. The van der Waals surface area contributed by atoms with Gasteiger partial charge in [-0.05, 0) is 29.8 Å². The lowest BCUT2D eigenvalue weighted by molar-refractivity contribution is 0.0686. The van der Waals surface area contributed by atoms with Crippen LogP contribution >= 0.6 is 0 Å². The topological polar surface area (TPSA) is 88.4 Å². The minimum absolute atomic E-state index is 0.127. The number of hydrogen-bond acceptors (Lipinski definition) is 4. The van der Waals surface area contributed by atoms with E-state index in [1.807, 2.05) is 36.4 Å². The maximum absolute atomic E-state index is 11.5. The van der Waals surface area contributed by atoms with Crippen molar-refractivity contribution in [2.24, 2.45) is 0 Å². The summed E-state index contributed by atoms with van der Waals surface area (Å²) < 4.78 is 24.1. The molecule has 0 aliphatic carbocycles. The highest BCUT2D eigenvalue weighted by Crippen LogP contribution is 2.22. The summed E-state index contributed by atoms with van der Waals surface area (Å²) in [5, 5.41) is 13.2. The van der Waals surface area contributed by atoms with E-state index in [9.17, 15) is 18.3 Å². The fourth-order valence-corrected chi connectivity index (χ4v) is 3.11. The van der Waals surface area contributed by atoms with Gasteiger partial charge < -0.3 is 15.0 Å². The molecule has 6 nitrogen and oxygen atoms in total. The molecule has 2 N–H and O–H groups in total. The molecular formula is C18H18N2O4S. The van der Waals surface area contributed by atoms with Gasteiger partial charge in [0.1, 0.15) is 11.6 Å². The lowest BCUT2D eigenvalue weighted by Gasteiger charge is -2.10. The van der Waals surface area contributed by atoms with E-state index < -0.39 is 15.8 Å². The Morgan fingerprint density at radius 1 is 1.12 bits per heavy atom. The van der Waals surface area contributed by atoms with E-state index in [1.54, 1.807) is 22.8 Å². The van der Waals surface area contributed by atoms with Crippen LogP contribution in [-0.4, -0.2) is 36.2 Å². The standard InChI is InChI=1S/C18H18N2O4S/c1-25(23,24)12-19-15-8-6-13(7-9-15)11-20-16-5-3-2-4-14(16)10-17(20)18(21)22/h2-10,19H,11-12H2,1H3,(H,21,22). The van der Waals surface area contributed by atoms with Crippen molar-refractivity contribution < 1.29 is 18.3 Å². The second kappa shape index (κ2) is 6.60. The molecule has 0 spiro atoms. The van der Waals surface area contributed by atoms with Gasteiger partial charge in [-0.25, -0.2) is 13.2 Å². The highest BCUT2D eigenvalue weighted by molar-refractivity contribution is 7.90. The molecule has 3 rings (SSSR count). The number of carboxylic acid groups (broad SMARTS) is 1. The van der Waals surface area contributed by atoms with E-state index in [4.69, 9.17) is 0 Å². The smallest absolute Gasteiger partial charge is 0.352 e. The fourth-order valence-electron chi connectivity index (χ4n) is 2.68. The molecule has 130 valence electrons. The van der Waals surface area contributed by atoms with E-state index >= 15 is 0 Å². The van der Waals surface area contributed by atoms with Crippen molar-refractivity contribution in [1.82, 2.24) is 4.57 Å². The quantitative estimate of drug-likeness (QED) is 0.707. The second-order valence-electron chi connectivity index (χ2n) is 5.92. The number of aromatic carboxylic acids is 1. The lowest BCUT2D eigenvalue weighted by atomic mass is 10.2. The molecule has 25 heavy (non-hydrogen) atoms. The summed E-state index contributed by atoms with van der Waals surface area (Å²) in [6, 6.07) is 16.5. The summed E-state index contributed by atoms with van der Waals surface area (Å²) in [4.78, 5) is 11.5. The minimum Gasteiger partial charge on any atom is -0.477 e. The molecule has 1 heterocycles. The molecule has 0 fully saturated rings. The first-order chi connectivity index (χ1) is 11.8. The number of carboxylic acids is 1. The van der Waals surface area contributed by atoms with Gasteiger partial charge in [0.05, 0.1) is 0 Å². The molecule has 0 amide bonds. The largest absolute Gasteiger partial charge is 0.477 e. The average Bonchev–Trinajstić information content (AvgIpc) is 2.93. The average molecular weight is 358 g/mol. The Bertz CT molecular complexity index is 1020. The second-order valence-corrected chi connectivity index (χ2v) is 8.06. The number of fused-ring (bicyclic) bond motifs is 1. The van der Waals surface area contributed by atoms with E-state index in [1.165, 1.54) is 6.26 Å². The molecule has 0 saturated heterocycles. The fraction of sp³-hybridized carbons (Fsp3) is 0.167. The van der Waals surface area contributed by atoms with Crippen molar-refractivity contribution in [3.05, 3.63) is 65.9 Å². The van der Waals surface area contributed by atoms with Gasteiger partial charge in [0, 0.05) is 29.4 Å². The Balaban J connectivity index is 1.86. The van der Waals surface area contributed by atoms with Crippen LogP contribution in [0.1, 0.15) is 16.1 Å². The maximum Gasteiger partial charge on any atom is 0.352 e. The van der Waals surface area contributed by atoms with Gasteiger partial charge in [0.25, 0.3) is 0 Å². The zero-order valence-corrected chi connectivity index (χ0v) is 14.5. The normalized spacial score (nSPS) is 11.6. The summed E-state index contributed by atoms with van der Waals surface area (Å²) in [7, 11) is -3.09. The number of rotatable bonds is 6. The van der Waals surface area contributed by atoms with Gasteiger partial charge in [-0.15, -0.1) is 0 Å². The van der Waals surface area contributed by atoms with Gasteiger partial charge in [0.15, 0.2) is 9.84 Å². The first kappa shape index (κ1) is 17.0. The molecule has 0 atom stereocenters. The SMILES string of the molecule is CS(=O)(=O)CNc1ccc(Cn2c(C(=O)O)cc3ccccc32)cc1. The molecule has 0 aliphatic heterocycles. The van der Waals surface area contributed by atoms with Crippen molar-refractivity contribution in [3.8, 4) is 0 Å². The summed E-state index contributed by atoms with van der Waals surface area (Å²) in [5.74, 6) is -1.10. The first-order valence-electron chi connectivity index (χ1n) is 7.65. The van der Waals surface area contributed by atoms with Gasteiger partial charge >= 0.3 is 5.97 Å². The molecule has 2 aromatic carbocycles. The van der Waals surface area contributed by atoms with Crippen molar-refractivity contribution in [3.63, 3.8) is 0 Å². The summed E-state index contributed by atoms with van der Waals surface area (Å²) >= 11 is 0. The van der Waals surface area contributed by atoms with Crippen molar-refractivity contribution >= 4 is 32.4 Å². The number of nitrogens with zero attached hydrogens (tertiary/aromatic N) is 1. The molecule has 3 aromatic rings. The monoisotopic (exact) mass is 358 g/mol. The minimum atomic E-state index is -3.09. The van der Waals surface area contributed by atoms with Crippen LogP contribution in [0.4, 0.5) is 5.69 Å². The summed E-state index contributed by atoms with van der Waals surface area (Å²) in [5.41, 5.74) is 2.72. The van der Waals surface area contributed by atoms with E-state index in [0.717, 1.165) is 16.5 Å². The van der Waals surface area contributed by atoms with Crippen molar-refractivity contribution in [1.29, 1.82) is 0 Å². The lowest BCUT2D eigenvalue weighted by Crippen LogP contribution is -2.12. The first-order valence-corrected chi connectivity index (χ1v) is 9.72. The summed E-state index contributed by atoms with van der Waals surface area (Å²) in [6.07, 6.45) is 1.17. The molecular weight excluding hydrogens is 340 g/mol. The van der Waals surface area contributed by atoms with Gasteiger partial charge in [-0.1, -0.05) is 30.3 Å². The van der Waals surface area contributed by atoms with Gasteiger partial charge in [-0.2, -0.15) is 0 Å². The zero-order valence-electron chi connectivity index (χ0n) is 13.6. The van der Waals surface area contributed by atoms with Crippen LogP contribution < -0.4 is 5.32 Å². The van der Waals surface area contributed by atoms with Crippen molar-refractivity contribution in [2.45, 2.75) is 6.54 Å². The van der Waals surface area contributed by atoms with Crippen LogP contribution in [0.2, 0.25) is 0 Å². The van der Waals surface area contributed by atoms with Crippen LogP contribution in [0, 0.1) is 0 Å². The third-order valence-electron chi connectivity index (χ3n) is 3.86. The Morgan fingerprint density at radius 2 is 1.80 bits per heavy atom. The van der Waals surface area contributed by atoms with Crippen LogP contribution in [-0.2, 0) is 16.4 Å². The third-order valence-corrected chi connectivity index (χ3v) is 4.53. The van der Waals surface area contributed by atoms with E-state index in [2.05, 4.69) is 5.32 Å². The molecule has 0 aliphatic rings. The molecule has 0 saturated carbocycles. The van der Waals surface area contributed by atoms with Gasteiger partial charge in [0.2, 0.25) is 0 Å². The number of nitrogens with one attached hydrogen (secondary N) is 1. The molecule has 0 radical (unpaired) electrons. The number of para-hydroxylation sites is 1. The number of hydrogen-bond donors (Lipinski definition) is 2. The van der Waals surface area contributed by atoms with Crippen LogP contribution in [0.15, 0.2) is 54.6 Å². The molecule has 1 aromatic heterocycles. The Labute approximate surface area is 145 Å². The molecule has 0 unspecified atom stereocenters. The molecule has 0 bridgehead atoms. The van der Waals surface area contributed by atoms with E-state index in [0.29, 0.717) is 12.2 Å². The number of aromatic nitrogens is 1. The Kier molecular flexibility index (Phi) is 4.50. The van der Waals surface area contributed by atoms with Gasteiger partial charge in [-0.3, -0.25) is 0 Å². The number of benzene rings is 2. The van der Waals surface area contributed by atoms with Crippen LogP contribution in [0.5, 0.6) is 0 Å². The predicted molar refractivity (Wildman–Crippen MR) is 97.8 cm³/mol. The highest BCUT2D eigenvalue weighted by atomic mass is 32.2. The van der Waals surface area contributed by atoms with Crippen molar-refractivity contribution in [2.75, 3.05) is 17.4 Å². The predicted octanol–water partition coefficient (Wildman–Crippen LogP) is 2.80. The Hall–Kier alpha value is -2.80. The number of sulfone groups is 1.